The first-order valence-electron chi connectivity index (χ1n) is 9.63. The van der Waals surface area contributed by atoms with E-state index in [0.717, 1.165) is 56.3 Å². The molecule has 28 heavy (non-hydrogen) atoms. The molecule has 1 unspecified atom stereocenters. The van der Waals surface area contributed by atoms with Gasteiger partial charge in [0.1, 0.15) is 0 Å². The molecule has 3 rings (SSSR count). The SMILES string of the molecule is Cc1cc(CN2CCCC23CCN(C(=O)OC(C)C(F)(F)F)CC3)ccc1Cl. The van der Waals surface area contributed by atoms with Crippen molar-refractivity contribution in [3.05, 3.63) is 34.3 Å². The number of hydrogen-bond acceptors (Lipinski definition) is 3. The first-order valence-corrected chi connectivity index (χ1v) is 10.0. The number of ether oxygens (including phenoxy) is 1. The van der Waals surface area contributed by atoms with E-state index in [1.807, 2.05) is 19.1 Å². The number of carbonyl (C=O) groups is 1. The lowest BCUT2D eigenvalue weighted by atomic mass is 9.85. The zero-order valence-corrected chi connectivity index (χ0v) is 16.9. The standard InChI is InChI=1S/C20H26ClF3N2O2/c1-14-12-16(4-5-17(14)21)13-26-9-3-6-19(26)7-10-25(11-8-19)18(27)28-15(2)20(22,23)24/h4-5,12,15H,3,6-11,13H2,1-2H3. The van der Waals surface area contributed by atoms with Crippen LogP contribution < -0.4 is 0 Å². The van der Waals surface area contributed by atoms with Gasteiger partial charge in [0.15, 0.2) is 6.10 Å². The molecule has 0 bridgehead atoms. The van der Waals surface area contributed by atoms with Crippen molar-refractivity contribution < 1.29 is 22.7 Å². The maximum Gasteiger partial charge on any atom is 0.425 e. The molecular weight excluding hydrogens is 393 g/mol. The number of hydrogen-bond donors (Lipinski definition) is 0. The molecule has 4 nitrogen and oxygen atoms in total. The second-order valence-corrected chi connectivity index (χ2v) is 8.29. The number of carbonyl (C=O) groups excluding carboxylic acids is 1. The Morgan fingerprint density at radius 2 is 1.93 bits per heavy atom. The number of halogens is 4. The quantitative estimate of drug-likeness (QED) is 0.679. The number of nitrogens with zero attached hydrogens (tertiary/aromatic N) is 2. The molecule has 0 saturated carbocycles. The monoisotopic (exact) mass is 418 g/mol. The van der Waals surface area contributed by atoms with Gasteiger partial charge in [-0.15, -0.1) is 0 Å². The Hall–Kier alpha value is -1.47. The molecule has 8 heteroatoms. The van der Waals surface area contributed by atoms with Crippen LogP contribution in [0.1, 0.15) is 43.7 Å². The first kappa shape index (κ1) is 21.2. The fourth-order valence-electron chi connectivity index (χ4n) is 4.23. The van der Waals surface area contributed by atoms with Gasteiger partial charge in [-0.2, -0.15) is 13.2 Å². The molecule has 1 aromatic carbocycles. The van der Waals surface area contributed by atoms with Crippen LogP contribution in [0.25, 0.3) is 0 Å². The lowest BCUT2D eigenvalue weighted by molar-refractivity contribution is -0.200. The van der Waals surface area contributed by atoms with Crippen LogP contribution in [0.3, 0.4) is 0 Å². The van der Waals surface area contributed by atoms with Crippen molar-refractivity contribution in [3.8, 4) is 0 Å². The third kappa shape index (κ3) is 4.57. The Bertz CT molecular complexity index is 718. The van der Waals surface area contributed by atoms with Gasteiger partial charge in [-0.25, -0.2) is 4.79 Å². The van der Waals surface area contributed by atoms with E-state index in [1.54, 1.807) is 0 Å². The molecule has 1 amide bonds. The molecule has 156 valence electrons. The lowest BCUT2D eigenvalue weighted by Gasteiger charge is -2.45. The summed E-state index contributed by atoms with van der Waals surface area (Å²) in [5, 5.41) is 0.750. The Morgan fingerprint density at radius 3 is 2.54 bits per heavy atom. The van der Waals surface area contributed by atoms with E-state index in [2.05, 4.69) is 15.7 Å². The van der Waals surface area contributed by atoms with Crippen LogP contribution >= 0.6 is 11.6 Å². The average Bonchev–Trinajstić information content (AvgIpc) is 2.99. The summed E-state index contributed by atoms with van der Waals surface area (Å²) in [6.07, 6.45) is -3.89. The molecule has 0 radical (unpaired) electrons. The molecule has 0 N–H and O–H groups in total. The highest BCUT2D eigenvalue weighted by Crippen LogP contribution is 2.39. The van der Waals surface area contributed by atoms with E-state index in [1.165, 1.54) is 10.5 Å². The summed E-state index contributed by atoms with van der Waals surface area (Å²) in [6.45, 7) is 5.47. The van der Waals surface area contributed by atoms with Crippen molar-refractivity contribution in [2.45, 2.75) is 63.9 Å². The number of piperidine rings is 1. The molecule has 2 aliphatic rings. The van der Waals surface area contributed by atoms with Gasteiger partial charge in [-0.3, -0.25) is 4.90 Å². The topological polar surface area (TPSA) is 32.8 Å². The van der Waals surface area contributed by atoms with Gasteiger partial charge >= 0.3 is 12.3 Å². The first-order chi connectivity index (χ1) is 13.1. The van der Waals surface area contributed by atoms with Gasteiger partial charge in [-0.05, 0) is 63.3 Å². The zero-order valence-electron chi connectivity index (χ0n) is 16.2. The molecule has 0 aliphatic carbocycles. The van der Waals surface area contributed by atoms with Gasteiger partial charge in [0.25, 0.3) is 0 Å². The largest absolute Gasteiger partial charge is 0.437 e. The normalized spacial score (nSPS) is 21.1. The number of rotatable bonds is 3. The molecule has 1 aromatic rings. The van der Waals surface area contributed by atoms with Crippen LogP contribution in [-0.2, 0) is 11.3 Å². The fraction of sp³-hybridized carbons (Fsp3) is 0.650. The van der Waals surface area contributed by atoms with Gasteiger partial charge in [0.2, 0.25) is 0 Å². The zero-order chi connectivity index (χ0) is 20.5. The van der Waals surface area contributed by atoms with Crippen molar-refractivity contribution in [2.24, 2.45) is 0 Å². The van der Waals surface area contributed by atoms with E-state index in [9.17, 15) is 18.0 Å². The molecule has 2 saturated heterocycles. The second-order valence-electron chi connectivity index (χ2n) is 7.89. The van der Waals surface area contributed by atoms with Crippen molar-refractivity contribution >= 4 is 17.7 Å². The number of benzene rings is 1. The molecule has 0 aromatic heterocycles. The Kier molecular flexibility index (Phi) is 6.15. The van der Waals surface area contributed by atoms with Crippen LogP contribution in [-0.4, -0.2) is 53.3 Å². The van der Waals surface area contributed by atoms with Crippen molar-refractivity contribution in [3.63, 3.8) is 0 Å². The minimum absolute atomic E-state index is 0.0000357. The maximum atomic E-state index is 12.6. The molecule has 2 aliphatic heterocycles. The summed E-state index contributed by atoms with van der Waals surface area (Å²) >= 11 is 6.12. The van der Waals surface area contributed by atoms with Crippen LogP contribution in [0, 0.1) is 6.92 Å². The van der Waals surface area contributed by atoms with E-state index < -0.39 is 18.4 Å². The summed E-state index contributed by atoms with van der Waals surface area (Å²) in [5.41, 5.74) is 2.24. The highest BCUT2D eigenvalue weighted by Gasteiger charge is 2.45. The second kappa shape index (κ2) is 8.11. The van der Waals surface area contributed by atoms with Crippen LogP contribution in [0.5, 0.6) is 0 Å². The molecule has 1 spiro atoms. The van der Waals surface area contributed by atoms with Gasteiger partial charge < -0.3 is 9.64 Å². The number of alkyl halides is 3. The van der Waals surface area contributed by atoms with Gasteiger partial charge in [0, 0.05) is 30.2 Å². The number of aryl methyl sites for hydroxylation is 1. The third-order valence-corrected chi connectivity index (χ3v) is 6.45. The predicted octanol–water partition coefficient (Wildman–Crippen LogP) is 5.17. The number of likely N-dealkylation sites (tertiary alicyclic amines) is 2. The van der Waals surface area contributed by atoms with E-state index in [0.29, 0.717) is 13.1 Å². The van der Waals surface area contributed by atoms with E-state index in [-0.39, 0.29) is 5.54 Å². The van der Waals surface area contributed by atoms with E-state index in [4.69, 9.17) is 11.6 Å². The van der Waals surface area contributed by atoms with Crippen molar-refractivity contribution in [1.29, 1.82) is 0 Å². The van der Waals surface area contributed by atoms with Crippen LogP contribution in [0.15, 0.2) is 18.2 Å². The average molecular weight is 419 g/mol. The smallest absolute Gasteiger partial charge is 0.425 e. The lowest BCUT2D eigenvalue weighted by Crippen LogP contribution is -2.53. The van der Waals surface area contributed by atoms with E-state index >= 15 is 0 Å². The van der Waals surface area contributed by atoms with Gasteiger partial charge in [0.05, 0.1) is 0 Å². The highest BCUT2D eigenvalue weighted by molar-refractivity contribution is 6.31. The maximum absolute atomic E-state index is 12.6. The number of amides is 1. The Balaban J connectivity index is 1.60. The predicted molar refractivity (Wildman–Crippen MR) is 101 cm³/mol. The minimum Gasteiger partial charge on any atom is -0.437 e. The Labute approximate surface area is 168 Å². The molecule has 2 heterocycles. The van der Waals surface area contributed by atoms with Gasteiger partial charge in [-0.1, -0.05) is 23.7 Å². The third-order valence-electron chi connectivity index (χ3n) is 6.03. The summed E-state index contributed by atoms with van der Waals surface area (Å²) < 4.78 is 42.4. The van der Waals surface area contributed by atoms with Crippen LogP contribution in [0.2, 0.25) is 5.02 Å². The fourth-order valence-corrected chi connectivity index (χ4v) is 4.35. The Morgan fingerprint density at radius 1 is 1.25 bits per heavy atom. The van der Waals surface area contributed by atoms with Crippen molar-refractivity contribution in [1.82, 2.24) is 9.80 Å². The van der Waals surface area contributed by atoms with Crippen LogP contribution in [0.4, 0.5) is 18.0 Å². The highest BCUT2D eigenvalue weighted by atomic mass is 35.5. The summed E-state index contributed by atoms with van der Waals surface area (Å²) in [4.78, 5) is 15.9. The molecular formula is C20H26ClF3N2O2. The summed E-state index contributed by atoms with van der Waals surface area (Å²) in [5.74, 6) is 0. The van der Waals surface area contributed by atoms with Crippen molar-refractivity contribution in [2.75, 3.05) is 19.6 Å². The summed E-state index contributed by atoms with van der Waals surface area (Å²) in [6, 6.07) is 6.04. The minimum atomic E-state index is -4.54. The molecule has 1 atom stereocenters. The summed E-state index contributed by atoms with van der Waals surface area (Å²) in [7, 11) is 0. The molecule has 2 fully saturated rings.